The number of pyridine rings is 1. The second-order valence-corrected chi connectivity index (χ2v) is 5.98. The number of para-hydroxylation sites is 1. The van der Waals surface area contributed by atoms with Gasteiger partial charge in [-0.05, 0) is 24.3 Å². The number of benzene rings is 1. The maximum absolute atomic E-state index is 12.8. The van der Waals surface area contributed by atoms with Crippen molar-refractivity contribution in [1.82, 2.24) is 19.7 Å². The summed E-state index contributed by atoms with van der Waals surface area (Å²) in [5.74, 6) is 0.541. The van der Waals surface area contributed by atoms with E-state index in [4.69, 9.17) is 4.74 Å². The van der Waals surface area contributed by atoms with Crippen LogP contribution in [-0.2, 0) is 11.8 Å². The van der Waals surface area contributed by atoms with Crippen LogP contribution in [0.5, 0.6) is 0 Å². The third kappa shape index (κ3) is 3.06. The van der Waals surface area contributed by atoms with E-state index in [1.54, 1.807) is 15.8 Å². The number of aromatic nitrogens is 3. The summed E-state index contributed by atoms with van der Waals surface area (Å²) < 4.78 is 7.34. The topological polar surface area (TPSA) is 72.3 Å². The van der Waals surface area contributed by atoms with Crippen LogP contribution in [0.25, 0.3) is 10.9 Å². The number of carbonyl (C=O) groups excluding carboxylic acids is 1. The summed E-state index contributed by atoms with van der Waals surface area (Å²) in [6, 6.07) is 13.2. The van der Waals surface area contributed by atoms with E-state index in [9.17, 15) is 4.79 Å². The molecule has 1 atom stereocenters. The molecule has 3 heterocycles. The lowest BCUT2D eigenvalue weighted by atomic mass is 10.1. The Balaban J connectivity index is 1.56. The first-order valence-corrected chi connectivity index (χ1v) is 8.21. The molecule has 1 aromatic carbocycles. The number of aryl methyl sites for hydroxylation is 1. The molecule has 4 rings (SSSR count). The molecule has 3 aromatic rings. The molecule has 1 unspecified atom stereocenters. The minimum absolute atomic E-state index is 0.165. The summed E-state index contributed by atoms with van der Waals surface area (Å²) in [6.45, 7) is 1.50. The first-order valence-electron chi connectivity index (χ1n) is 8.21. The molecule has 0 aliphatic carbocycles. The number of urea groups is 1. The number of ether oxygens (including phenoxy) is 1. The van der Waals surface area contributed by atoms with Crippen molar-refractivity contribution in [3.8, 4) is 0 Å². The van der Waals surface area contributed by atoms with E-state index in [0.29, 0.717) is 25.6 Å². The lowest BCUT2D eigenvalue weighted by Gasteiger charge is -2.35. The van der Waals surface area contributed by atoms with Crippen LogP contribution in [0.3, 0.4) is 0 Å². The summed E-state index contributed by atoms with van der Waals surface area (Å²) in [5, 5.41) is 8.14. The van der Waals surface area contributed by atoms with Crippen LogP contribution < -0.4 is 5.32 Å². The maximum atomic E-state index is 12.8. The molecule has 0 bridgehead atoms. The zero-order valence-electron chi connectivity index (χ0n) is 13.9. The van der Waals surface area contributed by atoms with Crippen molar-refractivity contribution < 1.29 is 9.53 Å². The summed E-state index contributed by atoms with van der Waals surface area (Å²) in [4.78, 5) is 19.1. The molecule has 25 heavy (non-hydrogen) atoms. The summed E-state index contributed by atoms with van der Waals surface area (Å²) in [7, 11) is 1.87. The monoisotopic (exact) mass is 337 g/mol. The average molecular weight is 337 g/mol. The number of carbonyl (C=O) groups is 1. The van der Waals surface area contributed by atoms with Crippen LogP contribution in [0.15, 0.2) is 48.7 Å². The highest BCUT2D eigenvalue weighted by Crippen LogP contribution is 2.24. The highest BCUT2D eigenvalue weighted by Gasteiger charge is 2.30. The van der Waals surface area contributed by atoms with Gasteiger partial charge < -0.3 is 9.64 Å². The summed E-state index contributed by atoms with van der Waals surface area (Å²) in [6.07, 6.45) is 1.73. The van der Waals surface area contributed by atoms with E-state index < -0.39 is 0 Å². The van der Waals surface area contributed by atoms with Crippen LogP contribution in [0.4, 0.5) is 10.6 Å². The van der Waals surface area contributed by atoms with Gasteiger partial charge in [0.25, 0.3) is 0 Å². The molecule has 7 nitrogen and oxygen atoms in total. The molecule has 1 aliphatic rings. The fourth-order valence-electron chi connectivity index (χ4n) is 3.12. The van der Waals surface area contributed by atoms with E-state index in [1.165, 1.54) is 0 Å². The van der Waals surface area contributed by atoms with Gasteiger partial charge in [-0.25, -0.2) is 9.78 Å². The number of rotatable bonds is 2. The van der Waals surface area contributed by atoms with Crippen molar-refractivity contribution in [1.29, 1.82) is 0 Å². The number of hydrogen-bond acceptors (Lipinski definition) is 4. The fourth-order valence-corrected chi connectivity index (χ4v) is 3.12. The van der Waals surface area contributed by atoms with E-state index in [1.807, 2.05) is 49.5 Å². The van der Waals surface area contributed by atoms with Gasteiger partial charge in [0.15, 0.2) is 0 Å². The summed E-state index contributed by atoms with van der Waals surface area (Å²) >= 11 is 0. The smallest absolute Gasteiger partial charge is 0.323 e. The molecule has 0 radical (unpaired) electrons. The number of amides is 2. The minimum atomic E-state index is -0.183. The average Bonchev–Trinajstić information content (AvgIpc) is 3.07. The SMILES string of the molecule is Cn1nccc1C1COCCN1C(=O)Nc1ccc2ccccc2n1. The van der Waals surface area contributed by atoms with Gasteiger partial charge in [0.2, 0.25) is 0 Å². The van der Waals surface area contributed by atoms with Crippen molar-refractivity contribution >= 4 is 22.8 Å². The van der Waals surface area contributed by atoms with E-state index in [2.05, 4.69) is 15.4 Å². The normalized spacial score (nSPS) is 17.6. The van der Waals surface area contributed by atoms with Gasteiger partial charge in [-0.1, -0.05) is 18.2 Å². The van der Waals surface area contributed by atoms with Gasteiger partial charge in [-0.2, -0.15) is 5.10 Å². The van der Waals surface area contributed by atoms with E-state index in [-0.39, 0.29) is 12.1 Å². The molecule has 1 fully saturated rings. The zero-order chi connectivity index (χ0) is 17.2. The molecule has 2 aromatic heterocycles. The Bertz CT molecular complexity index is 907. The fraction of sp³-hybridized carbons (Fsp3) is 0.278. The maximum Gasteiger partial charge on any atom is 0.323 e. The highest BCUT2D eigenvalue weighted by molar-refractivity contribution is 5.90. The van der Waals surface area contributed by atoms with Gasteiger partial charge in [-0.3, -0.25) is 10.00 Å². The predicted octanol–water partition coefficient (Wildman–Crippen LogP) is 2.57. The Morgan fingerprint density at radius 1 is 1.24 bits per heavy atom. The number of anilines is 1. The van der Waals surface area contributed by atoms with Crippen molar-refractivity contribution in [2.75, 3.05) is 25.1 Å². The van der Waals surface area contributed by atoms with Crippen LogP contribution >= 0.6 is 0 Å². The zero-order valence-corrected chi connectivity index (χ0v) is 13.9. The van der Waals surface area contributed by atoms with Gasteiger partial charge in [0.05, 0.1) is 30.5 Å². The number of nitrogens with zero attached hydrogens (tertiary/aromatic N) is 4. The highest BCUT2D eigenvalue weighted by atomic mass is 16.5. The van der Waals surface area contributed by atoms with Crippen molar-refractivity contribution in [3.63, 3.8) is 0 Å². The van der Waals surface area contributed by atoms with Crippen LogP contribution in [0.2, 0.25) is 0 Å². The largest absolute Gasteiger partial charge is 0.377 e. The third-order valence-corrected chi connectivity index (χ3v) is 4.42. The minimum Gasteiger partial charge on any atom is -0.377 e. The van der Waals surface area contributed by atoms with Gasteiger partial charge in [0, 0.05) is 25.2 Å². The molecule has 1 N–H and O–H groups in total. The molecule has 128 valence electrons. The Labute approximate surface area is 145 Å². The number of nitrogens with one attached hydrogen (secondary N) is 1. The third-order valence-electron chi connectivity index (χ3n) is 4.42. The van der Waals surface area contributed by atoms with E-state index in [0.717, 1.165) is 16.6 Å². The standard InChI is InChI=1S/C18H19N5O2/c1-22-15(8-9-19-22)16-12-25-11-10-23(16)18(24)21-17-7-6-13-4-2-3-5-14(13)20-17/h2-9,16H,10-12H2,1H3,(H,20,21,24). The van der Waals surface area contributed by atoms with Crippen LogP contribution in [0.1, 0.15) is 11.7 Å². The second kappa shape index (κ2) is 6.52. The molecule has 2 amide bonds. The molecule has 7 heteroatoms. The van der Waals surface area contributed by atoms with Crippen LogP contribution in [-0.4, -0.2) is 45.5 Å². The lowest BCUT2D eigenvalue weighted by Crippen LogP contribution is -2.46. The summed E-state index contributed by atoms with van der Waals surface area (Å²) in [5.41, 5.74) is 1.80. The second-order valence-electron chi connectivity index (χ2n) is 5.98. The van der Waals surface area contributed by atoms with Gasteiger partial charge >= 0.3 is 6.03 Å². The van der Waals surface area contributed by atoms with Gasteiger partial charge in [-0.15, -0.1) is 0 Å². The number of hydrogen-bond donors (Lipinski definition) is 1. The molecule has 0 saturated carbocycles. The number of fused-ring (bicyclic) bond motifs is 1. The Morgan fingerprint density at radius 2 is 2.12 bits per heavy atom. The molecular formula is C18H19N5O2. The molecule has 0 spiro atoms. The van der Waals surface area contributed by atoms with Crippen molar-refractivity contribution in [3.05, 3.63) is 54.4 Å². The molecule has 1 aliphatic heterocycles. The van der Waals surface area contributed by atoms with Crippen LogP contribution in [0, 0.1) is 0 Å². The molecule has 1 saturated heterocycles. The first kappa shape index (κ1) is 15.6. The predicted molar refractivity (Wildman–Crippen MR) is 94.2 cm³/mol. The Hall–Kier alpha value is -2.93. The van der Waals surface area contributed by atoms with Crippen molar-refractivity contribution in [2.24, 2.45) is 7.05 Å². The lowest BCUT2D eigenvalue weighted by molar-refractivity contribution is 0.0120. The quantitative estimate of drug-likeness (QED) is 0.780. The van der Waals surface area contributed by atoms with Crippen molar-refractivity contribution in [2.45, 2.75) is 6.04 Å². The van der Waals surface area contributed by atoms with E-state index >= 15 is 0 Å². The molecular weight excluding hydrogens is 318 g/mol. The number of morpholine rings is 1. The Kier molecular flexibility index (Phi) is 4.07. The Morgan fingerprint density at radius 3 is 2.96 bits per heavy atom. The van der Waals surface area contributed by atoms with Gasteiger partial charge in [0.1, 0.15) is 5.82 Å². The first-order chi connectivity index (χ1) is 12.2.